The summed E-state index contributed by atoms with van der Waals surface area (Å²) in [5.41, 5.74) is 4.64. The van der Waals surface area contributed by atoms with Gasteiger partial charge in [0, 0.05) is 50.2 Å². The van der Waals surface area contributed by atoms with Crippen molar-refractivity contribution in [1.82, 2.24) is 15.6 Å². The number of nitrogens with zero attached hydrogens (tertiary/aromatic N) is 3. The molecule has 1 aromatic heterocycles. The maximum absolute atomic E-state index is 4.45. The molecule has 0 spiro atoms. The van der Waals surface area contributed by atoms with Crippen LogP contribution < -0.4 is 15.5 Å². The average Bonchev–Trinajstić information content (AvgIpc) is 2.83. The largest absolute Gasteiger partial charge is 0.371 e. The molecule has 1 aliphatic heterocycles. The summed E-state index contributed by atoms with van der Waals surface area (Å²) >= 11 is 0. The Bertz CT molecular complexity index is 954. The summed E-state index contributed by atoms with van der Waals surface area (Å²) < 4.78 is 0. The summed E-state index contributed by atoms with van der Waals surface area (Å²) in [6.07, 6.45) is 4.03. The smallest absolute Gasteiger partial charge is 0.191 e. The first kappa shape index (κ1) is 23.1. The molecule has 1 aliphatic rings. The van der Waals surface area contributed by atoms with Gasteiger partial charge in [-0.1, -0.05) is 42.5 Å². The van der Waals surface area contributed by atoms with Gasteiger partial charge in [0.15, 0.2) is 5.96 Å². The highest BCUT2D eigenvalue weighted by Crippen LogP contribution is 2.20. The SMILES string of the molecule is CN=C(NCc1cccc(-c2ccccn2)c1)NC1CCN(c2ccccc2)CC1.I. The highest BCUT2D eigenvalue weighted by Gasteiger charge is 2.20. The molecule has 0 radical (unpaired) electrons. The van der Waals surface area contributed by atoms with Crippen molar-refractivity contribution in [1.29, 1.82) is 0 Å². The van der Waals surface area contributed by atoms with Crippen molar-refractivity contribution in [2.45, 2.75) is 25.4 Å². The van der Waals surface area contributed by atoms with Gasteiger partial charge in [0.1, 0.15) is 0 Å². The first-order valence-electron chi connectivity index (χ1n) is 10.6. The minimum atomic E-state index is 0. The van der Waals surface area contributed by atoms with Crippen LogP contribution in [0.2, 0.25) is 0 Å². The van der Waals surface area contributed by atoms with Crippen LogP contribution in [-0.4, -0.2) is 37.1 Å². The van der Waals surface area contributed by atoms with E-state index in [4.69, 9.17) is 0 Å². The van der Waals surface area contributed by atoms with E-state index in [1.54, 1.807) is 0 Å². The Kier molecular flexibility index (Phi) is 8.70. The van der Waals surface area contributed by atoms with Gasteiger partial charge in [0.2, 0.25) is 0 Å². The zero-order valence-corrected chi connectivity index (χ0v) is 20.2. The van der Waals surface area contributed by atoms with Gasteiger partial charge in [-0.2, -0.15) is 0 Å². The molecule has 2 N–H and O–H groups in total. The highest BCUT2D eigenvalue weighted by molar-refractivity contribution is 14.0. The molecule has 4 rings (SSSR count). The molecule has 2 aromatic carbocycles. The number of para-hydroxylation sites is 1. The van der Waals surface area contributed by atoms with Gasteiger partial charge in [-0.25, -0.2) is 0 Å². The lowest BCUT2D eigenvalue weighted by Crippen LogP contribution is -2.48. The van der Waals surface area contributed by atoms with Crippen LogP contribution >= 0.6 is 24.0 Å². The second-order valence-electron chi connectivity index (χ2n) is 7.58. The number of piperidine rings is 1. The zero-order valence-electron chi connectivity index (χ0n) is 17.9. The number of nitrogens with one attached hydrogen (secondary N) is 2. The van der Waals surface area contributed by atoms with Crippen LogP contribution in [0, 0.1) is 0 Å². The standard InChI is InChI=1S/C25H29N5.HI/c1-26-25(29-22-13-16-30(17-14-22)23-10-3-2-4-11-23)28-19-20-8-7-9-21(18-20)24-12-5-6-15-27-24;/h2-12,15,18,22H,13-14,16-17,19H2,1H3,(H2,26,28,29);1H. The number of aromatic nitrogens is 1. The number of halogens is 1. The van der Waals surface area contributed by atoms with Crippen molar-refractivity contribution in [3.8, 4) is 11.3 Å². The van der Waals surface area contributed by atoms with Crippen LogP contribution in [0.3, 0.4) is 0 Å². The summed E-state index contributed by atoms with van der Waals surface area (Å²) in [7, 11) is 1.83. The van der Waals surface area contributed by atoms with Crippen molar-refractivity contribution < 1.29 is 0 Å². The van der Waals surface area contributed by atoms with Gasteiger partial charge in [-0.05, 0) is 48.7 Å². The van der Waals surface area contributed by atoms with Crippen molar-refractivity contribution >= 4 is 35.6 Å². The van der Waals surface area contributed by atoms with Crippen molar-refractivity contribution in [2.24, 2.45) is 4.99 Å². The van der Waals surface area contributed by atoms with Gasteiger partial charge < -0.3 is 15.5 Å². The molecule has 0 aliphatic carbocycles. The molecule has 31 heavy (non-hydrogen) atoms. The Morgan fingerprint density at radius 2 is 1.77 bits per heavy atom. The van der Waals surface area contributed by atoms with E-state index in [0.717, 1.165) is 49.7 Å². The monoisotopic (exact) mass is 527 g/mol. The highest BCUT2D eigenvalue weighted by atomic mass is 127. The molecule has 2 heterocycles. The summed E-state index contributed by atoms with van der Waals surface area (Å²) in [5, 5.41) is 7.05. The molecule has 0 amide bonds. The fraction of sp³-hybridized carbons (Fsp3) is 0.280. The zero-order chi connectivity index (χ0) is 20.6. The van der Waals surface area contributed by atoms with Crippen LogP contribution in [0.5, 0.6) is 0 Å². The molecule has 5 nitrogen and oxygen atoms in total. The maximum atomic E-state index is 4.45. The molecular weight excluding hydrogens is 497 g/mol. The Morgan fingerprint density at radius 3 is 2.48 bits per heavy atom. The molecule has 6 heteroatoms. The summed E-state index contributed by atoms with van der Waals surface area (Å²) in [6.45, 7) is 2.85. The number of anilines is 1. The van der Waals surface area contributed by atoms with Gasteiger partial charge in [-0.3, -0.25) is 9.98 Å². The summed E-state index contributed by atoms with van der Waals surface area (Å²) in [4.78, 5) is 11.3. The number of hydrogen-bond acceptors (Lipinski definition) is 3. The van der Waals surface area contributed by atoms with E-state index in [9.17, 15) is 0 Å². The second kappa shape index (κ2) is 11.7. The van der Waals surface area contributed by atoms with E-state index in [1.165, 1.54) is 11.3 Å². The van der Waals surface area contributed by atoms with E-state index in [-0.39, 0.29) is 24.0 Å². The summed E-state index contributed by atoms with van der Waals surface area (Å²) in [5.74, 6) is 0.858. The Labute approximate surface area is 202 Å². The number of pyridine rings is 1. The fourth-order valence-corrected chi connectivity index (χ4v) is 3.87. The lowest BCUT2D eigenvalue weighted by molar-refractivity contribution is 0.461. The van der Waals surface area contributed by atoms with Crippen molar-refractivity contribution in [2.75, 3.05) is 25.0 Å². The molecule has 0 unspecified atom stereocenters. The van der Waals surface area contributed by atoms with E-state index in [1.807, 2.05) is 31.4 Å². The molecule has 3 aromatic rings. The van der Waals surface area contributed by atoms with Crippen LogP contribution in [0.1, 0.15) is 18.4 Å². The van der Waals surface area contributed by atoms with Crippen LogP contribution in [-0.2, 0) is 6.54 Å². The Hall–Kier alpha value is -2.61. The normalized spacial score (nSPS) is 14.6. The Morgan fingerprint density at radius 1 is 1.00 bits per heavy atom. The maximum Gasteiger partial charge on any atom is 0.191 e. The molecule has 1 saturated heterocycles. The van der Waals surface area contributed by atoms with E-state index in [0.29, 0.717) is 6.04 Å². The van der Waals surface area contributed by atoms with Crippen LogP contribution in [0.4, 0.5) is 5.69 Å². The predicted molar refractivity (Wildman–Crippen MR) is 140 cm³/mol. The average molecular weight is 527 g/mol. The molecule has 0 atom stereocenters. The number of rotatable bonds is 5. The predicted octanol–water partition coefficient (Wildman–Crippen LogP) is 4.70. The van der Waals surface area contributed by atoms with Crippen LogP contribution in [0.15, 0.2) is 84.0 Å². The first-order valence-corrected chi connectivity index (χ1v) is 10.6. The molecule has 0 bridgehead atoms. The minimum Gasteiger partial charge on any atom is -0.371 e. The van der Waals surface area contributed by atoms with Gasteiger partial charge >= 0.3 is 0 Å². The van der Waals surface area contributed by atoms with E-state index >= 15 is 0 Å². The second-order valence-corrected chi connectivity index (χ2v) is 7.58. The van der Waals surface area contributed by atoms with Crippen LogP contribution in [0.25, 0.3) is 11.3 Å². The Balaban J connectivity index is 0.00000272. The lowest BCUT2D eigenvalue weighted by atomic mass is 10.0. The number of hydrogen-bond donors (Lipinski definition) is 2. The number of guanidine groups is 1. The molecule has 162 valence electrons. The van der Waals surface area contributed by atoms with Crippen molar-refractivity contribution in [3.05, 3.63) is 84.6 Å². The number of aliphatic imine (C=N–C) groups is 1. The first-order chi connectivity index (χ1) is 14.8. The lowest BCUT2D eigenvalue weighted by Gasteiger charge is -2.34. The molecule has 0 saturated carbocycles. The fourth-order valence-electron chi connectivity index (χ4n) is 3.87. The minimum absolute atomic E-state index is 0. The summed E-state index contributed by atoms with van der Waals surface area (Å²) in [6, 6.07) is 25.6. The number of benzene rings is 2. The molecule has 1 fully saturated rings. The third-order valence-electron chi connectivity index (χ3n) is 5.53. The topological polar surface area (TPSA) is 52.6 Å². The van der Waals surface area contributed by atoms with Gasteiger partial charge in [0.05, 0.1) is 5.69 Å². The quantitative estimate of drug-likeness (QED) is 0.287. The van der Waals surface area contributed by atoms with Gasteiger partial charge in [-0.15, -0.1) is 24.0 Å². The third kappa shape index (κ3) is 6.43. The van der Waals surface area contributed by atoms with E-state index < -0.39 is 0 Å². The van der Waals surface area contributed by atoms with E-state index in [2.05, 4.69) is 80.1 Å². The van der Waals surface area contributed by atoms with Gasteiger partial charge in [0.25, 0.3) is 0 Å². The molecular formula is C25H30IN5. The third-order valence-corrected chi connectivity index (χ3v) is 5.53. The van der Waals surface area contributed by atoms with Crippen molar-refractivity contribution in [3.63, 3.8) is 0 Å².